The van der Waals surface area contributed by atoms with Crippen molar-refractivity contribution in [3.05, 3.63) is 35.5 Å². The Morgan fingerprint density at radius 3 is 3.00 bits per heavy atom. The second kappa shape index (κ2) is 6.15. The molecule has 0 spiro atoms. The van der Waals surface area contributed by atoms with Crippen molar-refractivity contribution in [3.8, 4) is 11.4 Å². The summed E-state index contributed by atoms with van der Waals surface area (Å²) < 4.78 is 0. The van der Waals surface area contributed by atoms with Crippen LogP contribution in [0.5, 0.6) is 0 Å². The molecule has 0 bridgehead atoms. The minimum atomic E-state index is 0.166. The molecule has 0 aromatic carbocycles. The van der Waals surface area contributed by atoms with E-state index in [2.05, 4.69) is 33.3 Å². The van der Waals surface area contributed by atoms with Gasteiger partial charge in [-0.15, -0.1) is 11.3 Å². The van der Waals surface area contributed by atoms with Crippen LogP contribution in [0.25, 0.3) is 21.6 Å². The molecule has 2 N–H and O–H groups in total. The number of pyridine rings is 1. The largest absolute Gasteiger partial charge is 0.396 e. The van der Waals surface area contributed by atoms with Crippen LogP contribution in [0.2, 0.25) is 0 Å². The molecular formula is C15H16N4OS. The summed E-state index contributed by atoms with van der Waals surface area (Å²) in [4.78, 5) is 15.5. The van der Waals surface area contributed by atoms with Crippen molar-refractivity contribution in [2.45, 2.75) is 13.3 Å². The molecule has 108 valence electrons. The number of nitrogens with one attached hydrogen (secondary N) is 1. The van der Waals surface area contributed by atoms with Crippen LogP contribution in [-0.2, 0) is 0 Å². The minimum absolute atomic E-state index is 0.166. The van der Waals surface area contributed by atoms with Gasteiger partial charge in [-0.05, 0) is 31.5 Å². The second-order valence-corrected chi connectivity index (χ2v) is 5.95. The van der Waals surface area contributed by atoms with Crippen molar-refractivity contribution in [2.75, 3.05) is 18.5 Å². The molecule has 21 heavy (non-hydrogen) atoms. The van der Waals surface area contributed by atoms with Crippen LogP contribution in [0.4, 0.5) is 5.82 Å². The number of fused-ring (bicyclic) bond motifs is 1. The molecule has 0 aliphatic heterocycles. The quantitative estimate of drug-likeness (QED) is 0.709. The molecule has 0 fully saturated rings. The number of hydrogen-bond donors (Lipinski definition) is 2. The van der Waals surface area contributed by atoms with E-state index in [1.807, 2.05) is 12.1 Å². The zero-order valence-corrected chi connectivity index (χ0v) is 12.5. The van der Waals surface area contributed by atoms with E-state index in [4.69, 9.17) is 5.11 Å². The van der Waals surface area contributed by atoms with Crippen LogP contribution in [0.3, 0.4) is 0 Å². The Morgan fingerprint density at radius 2 is 2.24 bits per heavy atom. The topological polar surface area (TPSA) is 70.9 Å². The van der Waals surface area contributed by atoms with Gasteiger partial charge in [-0.2, -0.15) is 0 Å². The van der Waals surface area contributed by atoms with Gasteiger partial charge in [-0.1, -0.05) is 0 Å². The maximum Gasteiger partial charge on any atom is 0.164 e. The molecule has 0 amide bonds. The van der Waals surface area contributed by atoms with Crippen molar-refractivity contribution < 1.29 is 5.11 Å². The molecule has 0 saturated carbocycles. The normalized spacial score (nSPS) is 11.0. The van der Waals surface area contributed by atoms with Gasteiger partial charge in [0.05, 0.1) is 5.39 Å². The Labute approximate surface area is 126 Å². The summed E-state index contributed by atoms with van der Waals surface area (Å²) in [6, 6.07) is 5.92. The predicted molar refractivity (Wildman–Crippen MR) is 85.6 cm³/mol. The van der Waals surface area contributed by atoms with Gasteiger partial charge < -0.3 is 10.4 Å². The summed E-state index contributed by atoms with van der Waals surface area (Å²) in [7, 11) is 0. The van der Waals surface area contributed by atoms with Gasteiger partial charge in [0, 0.05) is 36.0 Å². The summed E-state index contributed by atoms with van der Waals surface area (Å²) in [6.45, 7) is 2.91. The van der Waals surface area contributed by atoms with Gasteiger partial charge in [-0.3, -0.25) is 4.98 Å². The molecule has 0 aliphatic carbocycles. The van der Waals surface area contributed by atoms with Crippen molar-refractivity contribution in [1.82, 2.24) is 15.0 Å². The number of aliphatic hydroxyl groups excluding tert-OH is 1. The number of anilines is 1. The van der Waals surface area contributed by atoms with E-state index in [0.717, 1.165) is 21.6 Å². The number of nitrogens with zero attached hydrogens (tertiary/aromatic N) is 3. The van der Waals surface area contributed by atoms with Crippen molar-refractivity contribution >= 4 is 27.4 Å². The lowest BCUT2D eigenvalue weighted by Gasteiger charge is -2.08. The minimum Gasteiger partial charge on any atom is -0.396 e. The lowest BCUT2D eigenvalue weighted by atomic mass is 10.2. The number of aromatic nitrogens is 3. The van der Waals surface area contributed by atoms with E-state index in [1.54, 1.807) is 23.7 Å². The average molecular weight is 300 g/mol. The van der Waals surface area contributed by atoms with Gasteiger partial charge in [0.25, 0.3) is 0 Å². The highest BCUT2D eigenvalue weighted by atomic mass is 32.1. The highest BCUT2D eigenvalue weighted by Gasteiger charge is 2.11. The fraction of sp³-hybridized carbons (Fsp3) is 0.267. The molecule has 0 unspecified atom stereocenters. The number of hydrogen-bond acceptors (Lipinski definition) is 6. The Hall–Kier alpha value is -2.05. The van der Waals surface area contributed by atoms with Crippen LogP contribution in [0.1, 0.15) is 11.3 Å². The van der Waals surface area contributed by atoms with Gasteiger partial charge in [0.2, 0.25) is 0 Å². The predicted octanol–water partition coefficient (Wildman–Crippen LogP) is 2.86. The zero-order chi connectivity index (χ0) is 14.7. The van der Waals surface area contributed by atoms with Crippen LogP contribution in [0.15, 0.2) is 30.6 Å². The lowest BCUT2D eigenvalue weighted by Crippen LogP contribution is -2.06. The summed E-state index contributed by atoms with van der Waals surface area (Å²) in [5.74, 6) is 1.49. The summed E-state index contributed by atoms with van der Waals surface area (Å²) >= 11 is 1.65. The van der Waals surface area contributed by atoms with Gasteiger partial charge >= 0.3 is 0 Å². The highest BCUT2D eigenvalue weighted by molar-refractivity contribution is 7.18. The van der Waals surface area contributed by atoms with E-state index in [0.29, 0.717) is 18.8 Å². The Bertz CT molecular complexity index is 742. The molecule has 3 aromatic heterocycles. The first-order valence-electron chi connectivity index (χ1n) is 6.81. The number of rotatable bonds is 5. The van der Waals surface area contributed by atoms with Crippen LogP contribution >= 0.6 is 11.3 Å². The van der Waals surface area contributed by atoms with Gasteiger partial charge in [-0.25, -0.2) is 9.97 Å². The van der Waals surface area contributed by atoms with Crippen molar-refractivity contribution in [1.29, 1.82) is 0 Å². The summed E-state index contributed by atoms with van der Waals surface area (Å²) in [5, 5.41) is 13.2. The third-order valence-electron chi connectivity index (χ3n) is 3.06. The molecule has 0 atom stereocenters. The maximum atomic E-state index is 8.92. The first-order valence-corrected chi connectivity index (χ1v) is 7.63. The standard InChI is InChI=1S/C15H16N4OS/c1-10-8-12-14(17-6-3-7-20)18-13(19-15(12)21-10)11-4-2-5-16-9-11/h2,4-5,8-9,20H,3,6-7H2,1H3,(H,17,18,19). The molecule has 3 aromatic rings. The van der Waals surface area contributed by atoms with E-state index < -0.39 is 0 Å². The van der Waals surface area contributed by atoms with Gasteiger partial charge in [0.1, 0.15) is 10.6 Å². The van der Waals surface area contributed by atoms with Crippen LogP contribution in [-0.4, -0.2) is 33.2 Å². The Morgan fingerprint density at radius 1 is 1.33 bits per heavy atom. The smallest absolute Gasteiger partial charge is 0.164 e. The lowest BCUT2D eigenvalue weighted by molar-refractivity contribution is 0.292. The zero-order valence-electron chi connectivity index (χ0n) is 11.7. The monoisotopic (exact) mass is 300 g/mol. The number of aliphatic hydroxyl groups is 1. The third-order valence-corrected chi connectivity index (χ3v) is 4.01. The molecule has 3 rings (SSSR count). The molecule has 0 radical (unpaired) electrons. The maximum absolute atomic E-state index is 8.92. The average Bonchev–Trinajstić information content (AvgIpc) is 2.88. The molecule has 6 heteroatoms. The fourth-order valence-corrected chi connectivity index (χ4v) is 2.97. The number of aryl methyl sites for hydroxylation is 1. The molecule has 0 aliphatic rings. The summed E-state index contributed by atoms with van der Waals surface area (Å²) in [5.41, 5.74) is 0.899. The first-order chi connectivity index (χ1) is 10.3. The molecule has 5 nitrogen and oxygen atoms in total. The van der Waals surface area contributed by atoms with E-state index in [-0.39, 0.29) is 6.61 Å². The fourth-order valence-electron chi connectivity index (χ4n) is 2.09. The summed E-state index contributed by atoms with van der Waals surface area (Å²) in [6.07, 6.45) is 4.19. The molecular weight excluding hydrogens is 284 g/mol. The van der Waals surface area contributed by atoms with Crippen molar-refractivity contribution in [3.63, 3.8) is 0 Å². The van der Waals surface area contributed by atoms with E-state index in [1.165, 1.54) is 4.88 Å². The molecule has 0 saturated heterocycles. The first kappa shape index (κ1) is 13.9. The third kappa shape index (κ3) is 3.01. The van der Waals surface area contributed by atoms with E-state index >= 15 is 0 Å². The second-order valence-electron chi connectivity index (χ2n) is 4.72. The van der Waals surface area contributed by atoms with Crippen LogP contribution < -0.4 is 5.32 Å². The SMILES string of the molecule is Cc1cc2c(NCCCO)nc(-c3cccnc3)nc2s1. The van der Waals surface area contributed by atoms with E-state index in [9.17, 15) is 0 Å². The van der Waals surface area contributed by atoms with Crippen LogP contribution in [0, 0.1) is 6.92 Å². The van der Waals surface area contributed by atoms with Crippen molar-refractivity contribution in [2.24, 2.45) is 0 Å². The molecule has 3 heterocycles. The number of thiophene rings is 1. The Balaban J connectivity index is 2.06. The van der Waals surface area contributed by atoms with Gasteiger partial charge in [0.15, 0.2) is 5.82 Å². The Kier molecular flexibility index (Phi) is 4.08. The highest BCUT2D eigenvalue weighted by Crippen LogP contribution is 2.30.